The average molecular weight is 267 g/mol. The Morgan fingerprint density at radius 1 is 1.05 bits per heavy atom. The Morgan fingerprint density at radius 3 is 2.63 bits per heavy atom. The van der Waals surface area contributed by atoms with Crippen LogP contribution in [0.15, 0.2) is 64.8 Å². The van der Waals surface area contributed by atoms with Crippen LogP contribution in [0, 0.1) is 0 Å². The quantitative estimate of drug-likeness (QED) is 0.791. The lowest BCUT2D eigenvalue weighted by molar-refractivity contribution is 1.02. The molecule has 0 bridgehead atoms. The van der Waals surface area contributed by atoms with Crippen LogP contribution in [-0.4, -0.2) is 9.97 Å². The Kier molecular flexibility index (Phi) is 3.44. The molecule has 2 N–H and O–H groups in total. The molecule has 3 rings (SSSR count). The van der Waals surface area contributed by atoms with E-state index in [1.165, 1.54) is 4.90 Å². The molecule has 0 amide bonds. The summed E-state index contributed by atoms with van der Waals surface area (Å²) in [6.07, 6.45) is 5.47. The number of hydrogen-bond donors (Lipinski definition) is 1. The Labute approximate surface area is 115 Å². The van der Waals surface area contributed by atoms with Crippen molar-refractivity contribution in [1.29, 1.82) is 0 Å². The van der Waals surface area contributed by atoms with Crippen LogP contribution in [0.1, 0.15) is 5.56 Å². The van der Waals surface area contributed by atoms with Crippen molar-refractivity contribution in [1.82, 2.24) is 9.97 Å². The number of nitrogens with zero attached hydrogens (tertiary/aromatic N) is 2. The molecule has 0 spiro atoms. The molecule has 0 radical (unpaired) electrons. The van der Waals surface area contributed by atoms with Gasteiger partial charge in [0.25, 0.3) is 0 Å². The normalized spacial score (nSPS) is 10.8. The molecule has 2 heterocycles. The number of hydrogen-bond acceptors (Lipinski definition) is 4. The molecule has 3 aromatic rings. The predicted molar refractivity (Wildman–Crippen MR) is 78.0 cm³/mol. The molecule has 0 aliphatic heterocycles. The fourth-order valence-corrected chi connectivity index (χ4v) is 2.99. The van der Waals surface area contributed by atoms with Gasteiger partial charge in [0, 0.05) is 40.3 Å². The second-order valence-corrected chi connectivity index (χ2v) is 5.20. The smallest absolute Gasteiger partial charge is 0.0713 e. The molecule has 1 aromatic carbocycles. The van der Waals surface area contributed by atoms with Crippen LogP contribution in [0.5, 0.6) is 0 Å². The maximum atomic E-state index is 5.83. The Hall–Kier alpha value is -1.91. The summed E-state index contributed by atoms with van der Waals surface area (Å²) in [7, 11) is 0. The number of fused-ring (bicyclic) bond motifs is 1. The van der Waals surface area contributed by atoms with Gasteiger partial charge in [0.2, 0.25) is 0 Å². The van der Waals surface area contributed by atoms with Gasteiger partial charge >= 0.3 is 0 Å². The van der Waals surface area contributed by atoms with Crippen molar-refractivity contribution in [3.8, 4) is 0 Å². The highest BCUT2D eigenvalue weighted by Gasteiger charge is 2.09. The summed E-state index contributed by atoms with van der Waals surface area (Å²) in [6, 6.07) is 12.1. The molecule has 2 aromatic heterocycles. The van der Waals surface area contributed by atoms with Gasteiger partial charge in [0.1, 0.15) is 0 Å². The van der Waals surface area contributed by atoms with Gasteiger partial charge in [-0.1, -0.05) is 30.0 Å². The molecule has 0 fully saturated rings. The number of para-hydroxylation sites is 1. The van der Waals surface area contributed by atoms with Crippen molar-refractivity contribution >= 4 is 22.7 Å². The van der Waals surface area contributed by atoms with Crippen molar-refractivity contribution in [3.05, 3.63) is 60.6 Å². The van der Waals surface area contributed by atoms with Crippen molar-refractivity contribution < 1.29 is 0 Å². The minimum atomic E-state index is 0.491. The zero-order chi connectivity index (χ0) is 13.1. The molecule has 0 saturated heterocycles. The molecule has 0 aliphatic carbocycles. The monoisotopic (exact) mass is 267 g/mol. The van der Waals surface area contributed by atoms with Crippen LogP contribution in [0.4, 0.5) is 0 Å². The third-order valence-electron chi connectivity index (χ3n) is 2.89. The molecule has 0 unspecified atom stereocenters. The average Bonchev–Trinajstić information content (AvgIpc) is 2.49. The van der Waals surface area contributed by atoms with Gasteiger partial charge < -0.3 is 5.73 Å². The molecular formula is C15H13N3S. The first-order chi connectivity index (χ1) is 9.38. The third kappa shape index (κ3) is 2.45. The second kappa shape index (κ2) is 5.38. The van der Waals surface area contributed by atoms with Gasteiger partial charge in [0.05, 0.1) is 5.52 Å². The summed E-state index contributed by atoms with van der Waals surface area (Å²) in [4.78, 5) is 10.8. The number of aromatic nitrogens is 2. The Balaban J connectivity index is 2.15. The Morgan fingerprint density at radius 2 is 1.84 bits per heavy atom. The summed E-state index contributed by atoms with van der Waals surface area (Å²) in [5.74, 6) is 0. The van der Waals surface area contributed by atoms with Gasteiger partial charge in [-0.3, -0.25) is 9.97 Å². The zero-order valence-electron chi connectivity index (χ0n) is 10.3. The number of nitrogens with two attached hydrogens (primary N) is 1. The lowest BCUT2D eigenvalue weighted by atomic mass is 10.1. The highest BCUT2D eigenvalue weighted by Crippen LogP contribution is 2.35. The minimum Gasteiger partial charge on any atom is -0.326 e. The molecular weight excluding hydrogens is 254 g/mol. The van der Waals surface area contributed by atoms with Crippen LogP contribution in [-0.2, 0) is 6.54 Å². The number of rotatable bonds is 3. The maximum absolute atomic E-state index is 5.83. The van der Waals surface area contributed by atoms with Crippen molar-refractivity contribution in [3.63, 3.8) is 0 Å². The second-order valence-electron chi connectivity index (χ2n) is 4.12. The molecule has 4 heteroatoms. The summed E-state index contributed by atoms with van der Waals surface area (Å²) < 4.78 is 0. The molecule has 3 nitrogen and oxygen atoms in total. The third-order valence-corrected chi connectivity index (χ3v) is 4.08. The van der Waals surface area contributed by atoms with Crippen LogP contribution < -0.4 is 5.73 Å². The van der Waals surface area contributed by atoms with Crippen molar-refractivity contribution in [2.75, 3.05) is 0 Å². The van der Waals surface area contributed by atoms with Crippen molar-refractivity contribution in [2.45, 2.75) is 16.3 Å². The SMILES string of the molecule is NCc1cnc2ccccc2c1Sc1ccncc1. The van der Waals surface area contributed by atoms with Crippen molar-refractivity contribution in [2.24, 2.45) is 5.73 Å². The van der Waals surface area contributed by atoms with E-state index in [1.807, 2.05) is 36.5 Å². The standard InChI is InChI=1S/C15H13N3S/c16-9-11-10-18-14-4-2-1-3-13(14)15(11)19-12-5-7-17-8-6-12/h1-8,10H,9,16H2. The van der Waals surface area contributed by atoms with Crippen LogP contribution in [0.2, 0.25) is 0 Å². The van der Waals surface area contributed by atoms with Gasteiger partial charge in [-0.2, -0.15) is 0 Å². The largest absolute Gasteiger partial charge is 0.326 e. The Bertz CT molecular complexity index is 698. The van der Waals surface area contributed by atoms with E-state index in [1.54, 1.807) is 24.2 Å². The molecule has 19 heavy (non-hydrogen) atoms. The molecule has 0 aliphatic rings. The van der Waals surface area contributed by atoms with E-state index < -0.39 is 0 Å². The number of benzene rings is 1. The van der Waals surface area contributed by atoms with Crippen LogP contribution in [0.25, 0.3) is 10.9 Å². The molecule has 94 valence electrons. The first-order valence-electron chi connectivity index (χ1n) is 6.03. The van der Waals surface area contributed by atoms with E-state index in [9.17, 15) is 0 Å². The van der Waals surface area contributed by atoms with E-state index in [0.29, 0.717) is 6.54 Å². The topological polar surface area (TPSA) is 51.8 Å². The highest BCUT2D eigenvalue weighted by molar-refractivity contribution is 7.99. The highest BCUT2D eigenvalue weighted by atomic mass is 32.2. The maximum Gasteiger partial charge on any atom is 0.0713 e. The first kappa shape index (κ1) is 12.1. The number of pyridine rings is 2. The lowest BCUT2D eigenvalue weighted by Crippen LogP contribution is -2.00. The summed E-state index contributed by atoms with van der Waals surface area (Å²) >= 11 is 1.71. The molecule has 0 saturated carbocycles. The van der Waals surface area contributed by atoms with Gasteiger partial charge in [0.15, 0.2) is 0 Å². The van der Waals surface area contributed by atoms with Crippen LogP contribution >= 0.6 is 11.8 Å². The zero-order valence-corrected chi connectivity index (χ0v) is 11.1. The van der Waals surface area contributed by atoms with E-state index in [-0.39, 0.29) is 0 Å². The van der Waals surface area contributed by atoms with Gasteiger partial charge in [-0.05, 0) is 23.8 Å². The lowest BCUT2D eigenvalue weighted by Gasteiger charge is -2.10. The van der Waals surface area contributed by atoms with E-state index in [4.69, 9.17) is 5.73 Å². The first-order valence-corrected chi connectivity index (χ1v) is 6.84. The van der Waals surface area contributed by atoms with E-state index in [0.717, 1.165) is 21.4 Å². The van der Waals surface area contributed by atoms with E-state index in [2.05, 4.69) is 16.0 Å². The van der Waals surface area contributed by atoms with Gasteiger partial charge in [-0.25, -0.2) is 0 Å². The summed E-state index contributed by atoms with van der Waals surface area (Å²) in [5, 5.41) is 1.15. The summed E-state index contributed by atoms with van der Waals surface area (Å²) in [6.45, 7) is 0.491. The van der Waals surface area contributed by atoms with Crippen LogP contribution in [0.3, 0.4) is 0 Å². The minimum absolute atomic E-state index is 0.491. The predicted octanol–water partition coefficient (Wildman–Crippen LogP) is 3.24. The van der Waals surface area contributed by atoms with E-state index >= 15 is 0 Å². The summed E-state index contributed by atoms with van der Waals surface area (Å²) in [5.41, 5.74) is 7.90. The molecule has 0 atom stereocenters. The van der Waals surface area contributed by atoms with Gasteiger partial charge in [-0.15, -0.1) is 0 Å². The fourth-order valence-electron chi connectivity index (χ4n) is 1.95. The fraction of sp³-hybridized carbons (Fsp3) is 0.0667.